The fraction of sp³-hybridized carbons (Fsp3) is 0. The van der Waals surface area contributed by atoms with Crippen LogP contribution in [0.2, 0.25) is 0 Å². The summed E-state index contributed by atoms with van der Waals surface area (Å²) in [4.78, 5) is 19.9. The first-order valence-electron chi connectivity index (χ1n) is 20.8. The fourth-order valence-corrected chi connectivity index (χ4v) is 8.98. The average molecular weight is 793 g/mol. The highest BCUT2D eigenvalue weighted by Gasteiger charge is 2.19. The van der Waals surface area contributed by atoms with Crippen LogP contribution in [-0.2, 0) is 0 Å². The summed E-state index contributed by atoms with van der Waals surface area (Å²) in [7, 11) is 0. The number of rotatable bonds is 7. The van der Waals surface area contributed by atoms with E-state index in [1.807, 2.05) is 72.9 Å². The first-order chi connectivity index (χ1) is 30.7. The SMILES string of the molecule is c1ccc(-c2nc(-c3ccccc3)nc(-c3ccnc(-c4cccc5c4c4ccccc4n5-c4ccc(-c5ccc6c(c5)c5ccccc5n6-c5ccccc5)cc4)c3)n2)cc1. The van der Waals surface area contributed by atoms with Gasteiger partial charge in [-0.25, -0.2) is 15.0 Å². The molecule has 0 radical (unpaired) electrons. The molecule has 6 heteroatoms. The summed E-state index contributed by atoms with van der Waals surface area (Å²) < 4.78 is 4.72. The third kappa shape index (κ3) is 5.96. The van der Waals surface area contributed by atoms with E-state index >= 15 is 0 Å². The lowest BCUT2D eigenvalue weighted by molar-refractivity contribution is 1.07. The molecule has 0 N–H and O–H groups in total. The fourth-order valence-electron chi connectivity index (χ4n) is 8.98. The Morgan fingerprint density at radius 2 is 0.823 bits per heavy atom. The Labute approximate surface area is 357 Å². The number of aromatic nitrogens is 6. The van der Waals surface area contributed by atoms with Crippen molar-refractivity contribution < 1.29 is 0 Å². The van der Waals surface area contributed by atoms with Gasteiger partial charge in [-0.3, -0.25) is 4.98 Å². The maximum absolute atomic E-state index is 5.01. The average Bonchev–Trinajstić information content (AvgIpc) is 3.87. The van der Waals surface area contributed by atoms with Crippen LogP contribution in [0.1, 0.15) is 0 Å². The molecule has 0 saturated carbocycles. The minimum Gasteiger partial charge on any atom is -0.309 e. The number of fused-ring (bicyclic) bond motifs is 6. The Kier molecular flexibility index (Phi) is 8.38. The Hall–Kier alpha value is -8.48. The number of hydrogen-bond acceptors (Lipinski definition) is 4. The number of nitrogens with zero attached hydrogens (tertiary/aromatic N) is 6. The van der Waals surface area contributed by atoms with Crippen molar-refractivity contribution in [3.8, 4) is 67.9 Å². The van der Waals surface area contributed by atoms with Crippen LogP contribution in [0.3, 0.4) is 0 Å². The summed E-state index contributed by atoms with van der Waals surface area (Å²) in [6, 6.07) is 74.4. The minimum absolute atomic E-state index is 0.595. The standard InChI is InChI=1S/C56H36N6/c1-4-15-38(16-5-1)54-58-55(39-17-6-2-7-18-39)60-56(59-54)41-33-34-57-48(36-41)45-23-14-26-52-53(45)46-22-11-13-25-50(46)62(52)43-30-27-37(28-31-43)40-29-32-51-47(35-40)44-21-10-12-24-49(44)61(51)42-19-8-3-9-20-42/h1-36H. The Morgan fingerprint density at radius 3 is 1.52 bits per heavy atom. The van der Waals surface area contributed by atoms with E-state index < -0.39 is 0 Å². The predicted molar refractivity (Wildman–Crippen MR) is 253 cm³/mol. The lowest BCUT2D eigenvalue weighted by atomic mass is 10.0. The second kappa shape index (κ2) is 14.7. The van der Waals surface area contributed by atoms with Gasteiger partial charge in [0.25, 0.3) is 0 Å². The Balaban J connectivity index is 0.950. The van der Waals surface area contributed by atoms with Crippen LogP contribution in [0.15, 0.2) is 219 Å². The first-order valence-corrected chi connectivity index (χ1v) is 20.8. The van der Waals surface area contributed by atoms with Crippen LogP contribution in [-0.4, -0.2) is 29.1 Å². The molecule has 0 bridgehead atoms. The van der Waals surface area contributed by atoms with Gasteiger partial charge in [-0.05, 0) is 77.9 Å². The van der Waals surface area contributed by atoms with Crippen LogP contribution >= 0.6 is 0 Å². The van der Waals surface area contributed by atoms with Crippen LogP contribution in [0.25, 0.3) is 112 Å². The molecule has 0 atom stereocenters. The number of benzene rings is 8. The first kappa shape index (κ1) is 35.5. The summed E-state index contributed by atoms with van der Waals surface area (Å²) in [5, 5.41) is 4.78. The molecule has 0 aliphatic rings. The molecule has 0 fully saturated rings. The van der Waals surface area contributed by atoms with Gasteiger partial charge in [-0.2, -0.15) is 0 Å². The van der Waals surface area contributed by atoms with Gasteiger partial charge in [0.05, 0.1) is 27.8 Å². The summed E-state index contributed by atoms with van der Waals surface area (Å²) in [5.74, 6) is 1.84. The molecule has 4 heterocycles. The van der Waals surface area contributed by atoms with Crippen molar-refractivity contribution in [2.75, 3.05) is 0 Å². The number of pyridine rings is 1. The van der Waals surface area contributed by atoms with E-state index in [9.17, 15) is 0 Å². The zero-order valence-corrected chi connectivity index (χ0v) is 33.5. The minimum atomic E-state index is 0.595. The van der Waals surface area contributed by atoms with Crippen molar-refractivity contribution in [3.63, 3.8) is 0 Å². The van der Waals surface area contributed by atoms with E-state index in [1.165, 1.54) is 32.9 Å². The zero-order chi connectivity index (χ0) is 41.0. The molecule has 0 aliphatic carbocycles. The van der Waals surface area contributed by atoms with Crippen molar-refractivity contribution in [2.45, 2.75) is 0 Å². The van der Waals surface area contributed by atoms with Crippen LogP contribution in [0.4, 0.5) is 0 Å². The molecule has 8 aromatic carbocycles. The van der Waals surface area contributed by atoms with Crippen molar-refractivity contribution in [2.24, 2.45) is 0 Å². The lowest BCUT2D eigenvalue weighted by Crippen LogP contribution is -2.00. The molecule has 6 nitrogen and oxygen atoms in total. The molecule has 0 amide bonds. The van der Waals surface area contributed by atoms with Gasteiger partial charge in [-0.15, -0.1) is 0 Å². The van der Waals surface area contributed by atoms with E-state index in [0.717, 1.165) is 61.1 Å². The third-order valence-electron chi connectivity index (χ3n) is 11.8. The van der Waals surface area contributed by atoms with Gasteiger partial charge < -0.3 is 9.13 Å². The second-order valence-corrected chi connectivity index (χ2v) is 15.5. The third-order valence-corrected chi connectivity index (χ3v) is 11.8. The normalized spacial score (nSPS) is 11.5. The molecule has 0 saturated heterocycles. The molecular weight excluding hydrogens is 757 g/mol. The zero-order valence-electron chi connectivity index (χ0n) is 33.5. The molecule has 0 aliphatic heterocycles. The highest BCUT2D eigenvalue weighted by molar-refractivity contribution is 6.15. The van der Waals surface area contributed by atoms with Crippen LogP contribution in [0.5, 0.6) is 0 Å². The van der Waals surface area contributed by atoms with Gasteiger partial charge in [0, 0.05) is 61.4 Å². The molecule has 12 aromatic rings. The Morgan fingerprint density at radius 1 is 0.306 bits per heavy atom. The molecule has 62 heavy (non-hydrogen) atoms. The molecule has 4 aromatic heterocycles. The van der Waals surface area contributed by atoms with Gasteiger partial charge >= 0.3 is 0 Å². The van der Waals surface area contributed by atoms with E-state index in [-0.39, 0.29) is 0 Å². The maximum atomic E-state index is 5.01. The quantitative estimate of drug-likeness (QED) is 0.161. The molecule has 290 valence electrons. The van der Waals surface area contributed by atoms with Crippen LogP contribution in [0, 0.1) is 0 Å². The largest absolute Gasteiger partial charge is 0.309 e. The lowest BCUT2D eigenvalue weighted by Gasteiger charge is -2.11. The maximum Gasteiger partial charge on any atom is 0.164 e. The number of hydrogen-bond donors (Lipinski definition) is 0. The van der Waals surface area contributed by atoms with Crippen molar-refractivity contribution in [3.05, 3.63) is 219 Å². The smallest absolute Gasteiger partial charge is 0.164 e. The van der Waals surface area contributed by atoms with Crippen molar-refractivity contribution in [1.29, 1.82) is 0 Å². The summed E-state index contributed by atoms with van der Waals surface area (Å²) in [6.45, 7) is 0. The molecular formula is C56H36N6. The monoisotopic (exact) mass is 792 g/mol. The Bertz CT molecular complexity index is 3550. The van der Waals surface area contributed by atoms with Gasteiger partial charge in [0.2, 0.25) is 0 Å². The van der Waals surface area contributed by atoms with E-state index in [0.29, 0.717) is 17.5 Å². The topological polar surface area (TPSA) is 61.4 Å². The summed E-state index contributed by atoms with van der Waals surface area (Å²) in [5.41, 5.74) is 13.8. The second-order valence-electron chi connectivity index (χ2n) is 15.5. The highest BCUT2D eigenvalue weighted by Crippen LogP contribution is 2.40. The van der Waals surface area contributed by atoms with Gasteiger partial charge in [0.1, 0.15) is 0 Å². The van der Waals surface area contributed by atoms with E-state index in [4.69, 9.17) is 19.9 Å². The number of para-hydroxylation sites is 3. The van der Waals surface area contributed by atoms with Crippen molar-refractivity contribution in [1.82, 2.24) is 29.1 Å². The summed E-state index contributed by atoms with van der Waals surface area (Å²) in [6.07, 6.45) is 1.85. The molecule has 12 rings (SSSR count). The molecule has 0 unspecified atom stereocenters. The van der Waals surface area contributed by atoms with E-state index in [2.05, 4.69) is 155 Å². The summed E-state index contributed by atoms with van der Waals surface area (Å²) >= 11 is 0. The van der Waals surface area contributed by atoms with Crippen LogP contribution < -0.4 is 0 Å². The predicted octanol–water partition coefficient (Wildman–Crippen LogP) is 13.8. The highest BCUT2D eigenvalue weighted by atomic mass is 15.0. The van der Waals surface area contributed by atoms with Crippen molar-refractivity contribution >= 4 is 43.6 Å². The molecule has 0 spiro atoms. The van der Waals surface area contributed by atoms with E-state index in [1.54, 1.807) is 0 Å². The van der Waals surface area contributed by atoms with Gasteiger partial charge in [-0.1, -0.05) is 146 Å². The van der Waals surface area contributed by atoms with Gasteiger partial charge in [0.15, 0.2) is 17.5 Å².